The SMILES string of the molecule is Cc1oc2c(Cl)cc(OCc3cccnc3C(F)(F)F)cc2c1C(=O)NC1CCN(C(=O)OC(C)(C)C)CC1(F)F. The number of fused-ring (bicyclic) bond motifs is 1. The fraction of sp³-hybridized carbons (Fsp3) is 0.444. The van der Waals surface area contributed by atoms with Crippen LogP contribution in [0.4, 0.5) is 26.7 Å². The Morgan fingerprint density at radius 3 is 2.59 bits per heavy atom. The molecule has 1 unspecified atom stereocenters. The highest BCUT2D eigenvalue weighted by Gasteiger charge is 2.47. The van der Waals surface area contributed by atoms with Crippen molar-refractivity contribution in [1.82, 2.24) is 15.2 Å². The number of ether oxygens (including phenoxy) is 2. The van der Waals surface area contributed by atoms with Gasteiger partial charge in [-0.3, -0.25) is 9.78 Å². The average Bonchev–Trinajstić information content (AvgIpc) is 3.18. The fourth-order valence-electron chi connectivity index (χ4n) is 4.42. The predicted molar refractivity (Wildman–Crippen MR) is 138 cm³/mol. The molecule has 41 heavy (non-hydrogen) atoms. The molecular formula is C27H27ClF5N3O5. The number of carbonyl (C=O) groups excluding carboxylic acids is 2. The quantitative estimate of drug-likeness (QED) is 0.324. The highest BCUT2D eigenvalue weighted by molar-refractivity contribution is 6.35. The van der Waals surface area contributed by atoms with Crippen molar-refractivity contribution in [2.75, 3.05) is 13.1 Å². The number of rotatable bonds is 5. The number of halogens is 6. The number of aryl methyl sites for hydroxylation is 1. The lowest BCUT2D eigenvalue weighted by molar-refractivity contribution is -0.142. The second-order valence-corrected chi connectivity index (χ2v) is 11.0. The Kier molecular flexibility index (Phi) is 8.14. The summed E-state index contributed by atoms with van der Waals surface area (Å²) >= 11 is 6.30. The van der Waals surface area contributed by atoms with Crippen molar-refractivity contribution in [3.8, 4) is 5.75 Å². The summed E-state index contributed by atoms with van der Waals surface area (Å²) in [5.41, 5.74) is -2.21. The van der Waals surface area contributed by atoms with Crippen molar-refractivity contribution >= 4 is 34.6 Å². The maximum absolute atomic E-state index is 15.0. The van der Waals surface area contributed by atoms with Gasteiger partial charge in [0, 0.05) is 29.8 Å². The first kappa shape index (κ1) is 30.4. The van der Waals surface area contributed by atoms with Gasteiger partial charge >= 0.3 is 12.3 Å². The number of likely N-dealkylation sites (tertiary alicyclic amines) is 1. The molecule has 1 atom stereocenters. The zero-order valence-electron chi connectivity index (χ0n) is 22.5. The highest BCUT2D eigenvalue weighted by Crippen LogP contribution is 2.37. The van der Waals surface area contributed by atoms with E-state index < -0.39 is 54.6 Å². The van der Waals surface area contributed by atoms with Crippen LogP contribution in [-0.2, 0) is 17.5 Å². The molecule has 3 heterocycles. The van der Waals surface area contributed by atoms with Crippen molar-refractivity contribution in [3.05, 3.63) is 58.1 Å². The van der Waals surface area contributed by atoms with Crippen LogP contribution in [0.3, 0.4) is 0 Å². The Bertz CT molecular complexity index is 1470. The number of hydrogen-bond donors (Lipinski definition) is 1. The normalized spacial score (nSPS) is 17.4. The van der Waals surface area contributed by atoms with Crippen LogP contribution in [0, 0.1) is 6.92 Å². The molecule has 3 aromatic rings. The van der Waals surface area contributed by atoms with Gasteiger partial charge < -0.3 is 24.1 Å². The second-order valence-electron chi connectivity index (χ2n) is 10.6. The number of alkyl halides is 5. The average molecular weight is 604 g/mol. The van der Waals surface area contributed by atoms with E-state index in [0.717, 1.165) is 11.1 Å². The third kappa shape index (κ3) is 6.83. The van der Waals surface area contributed by atoms with Gasteiger partial charge in [-0.15, -0.1) is 0 Å². The number of amides is 2. The van der Waals surface area contributed by atoms with E-state index in [9.17, 15) is 22.8 Å². The fourth-order valence-corrected chi connectivity index (χ4v) is 4.67. The van der Waals surface area contributed by atoms with Gasteiger partial charge in [-0.05, 0) is 46.2 Å². The topological polar surface area (TPSA) is 93.9 Å². The van der Waals surface area contributed by atoms with Crippen LogP contribution in [0.5, 0.6) is 5.75 Å². The molecule has 1 aromatic carbocycles. The molecule has 222 valence electrons. The van der Waals surface area contributed by atoms with E-state index in [2.05, 4.69) is 10.3 Å². The third-order valence-electron chi connectivity index (χ3n) is 6.23. The van der Waals surface area contributed by atoms with E-state index in [1.54, 1.807) is 20.8 Å². The standard InChI is InChI=1S/C27H27ClF5N3O5/c1-14-20(23(37)35-19-7-9-36(13-26(19,29)30)24(38)41-25(2,3)4)17-10-16(11-18(28)21(17)40-14)39-12-15-6-5-8-34-22(15)27(31,32)33/h5-6,8,10-11,19H,7,9,12-13H2,1-4H3,(H,35,37). The van der Waals surface area contributed by atoms with Crippen molar-refractivity contribution in [2.24, 2.45) is 0 Å². The maximum atomic E-state index is 15.0. The summed E-state index contributed by atoms with van der Waals surface area (Å²) in [6, 6.07) is 3.59. The number of benzene rings is 1. The second kappa shape index (κ2) is 11.0. The van der Waals surface area contributed by atoms with Gasteiger partial charge in [0.25, 0.3) is 11.8 Å². The Hall–Kier alpha value is -3.61. The van der Waals surface area contributed by atoms with E-state index in [1.165, 1.54) is 31.2 Å². The Morgan fingerprint density at radius 1 is 1.24 bits per heavy atom. The number of hydrogen-bond acceptors (Lipinski definition) is 6. The largest absolute Gasteiger partial charge is 0.489 e. The van der Waals surface area contributed by atoms with E-state index >= 15 is 8.78 Å². The van der Waals surface area contributed by atoms with Crippen LogP contribution in [-0.4, -0.2) is 52.5 Å². The van der Waals surface area contributed by atoms with Gasteiger partial charge in [-0.25, -0.2) is 13.6 Å². The van der Waals surface area contributed by atoms with Crippen molar-refractivity contribution in [1.29, 1.82) is 0 Å². The van der Waals surface area contributed by atoms with E-state index in [-0.39, 0.29) is 51.6 Å². The molecule has 0 spiro atoms. The molecule has 1 N–H and O–H groups in total. The molecule has 4 rings (SSSR count). The predicted octanol–water partition coefficient (Wildman–Crippen LogP) is 6.76. The minimum absolute atomic E-state index is 0.00196. The van der Waals surface area contributed by atoms with Crippen LogP contribution in [0.25, 0.3) is 11.0 Å². The van der Waals surface area contributed by atoms with E-state index in [4.69, 9.17) is 25.5 Å². The van der Waals surface area contributed by atoms with Gasteiger partial charge in [-0.1, -0.05) is 17.7 Å². The molecular weight excluding hydrogens is 577 g/mol. The van der Waals surface area contributed by atoms with Gasteiger partial charge in [0.1, 0.15) is 23.7 Å². The first-order valence-electron chi connectivity index (χ1n) is 12.5. The first-order chi connectivity index (χ1) is 19.0. The molecule has 1 saturated heterocycles. The highest BCUT2D eigenvalue weighted by atomic mass is 35.5. The number of aromatic nitrogens is 1. The van der Waals surface area contributed by atoms with Crippen LogP contribution < -0.4 is 10.1 Å². The van der Waals surface area contributed by atoms with Gasteiger partial charge in [0.15, 0.2) is 11.3 Å². The summed E-state index contributed by atoms with van der Waals surface area (Å²) in [5.74, 6) is -4.25. The number of carbonyl (C=O) groups is 2. The van der Waals surface area contributed by atoms with Crippen LogP contribution >= 0.6 is 11.6 Å². The van der Waals surface area contributed by atoms with Crippen LogP contribution in [0.1, 0.15) is 54.6 Å². The lowest BCUT2D eigenvalue weighted by Gasteiger charge is -2.38. The maximum Gasteiger partial charge on any atom is 0.433 e. The van der Waals surface area contributed by atoms with Crippen molar-refractivity contribution in [2.45, 2.75) is 64.5 Å². The molecule has 8 nitrogen and oxygen atoms in total. The van der Waals surface area contributed by atoms with Gasteiger partial charge in [0.2, 0.25) is 0 Å². The number of nitrogens with one attached hydrogen (secondary N) is 1. The zero-order chi connectivity index (χ0) is 30.3. The van der Waals surface area contributed by atoms with Gasteiger partial charge in [-0.2, -0.15) is 13.2 Å². The van der Waals surface area contributed by atoms with Crippen LogP contribution in [0.2, 0.25) is 5.02 Å². The Balaban J connectivity index is 1.53. The molecule has 1 fully saturated rings. The lowest BCUT2D eigenvalue weighted by Crippen LogP contribution is -2.59. The molecule has 0 aliphatic carbocycles. The molecule has 2 amide bonds. The van der Waals surface area contributed by atoms with Crippen LogP contribution in [0.15, 0.2) is 34.9 Å². The summed E-state index contributed by atoms with van der Waals surface area (Å²) in [5, 5.41) is 2.45. The smallest absolute Gasteiger partial charge is 0.433 e. The zero-order valence-corrected chi connectivity index (χ0v) is 23.3. The summed E-state index contributed by atoms with van der Waals surface area (Å²) in [6.07, 6.45) is -4.80. The minimum atomic E-state index is -4.69. The summed E-state index contributed by atoms with van der Waals surface area (Å²) in [6.45, 7) is 4.78. The molecule has 0 bridgehead atoms. The summed E-state index contributed by atoms with van der Waals surface area (Å²) in [7, 11) is 0. The Labute approximate surface area is 236 Å². The molecule has 1 aliphatic heterocycles. The number of furan rings is 1. The van der Waals surface area contributed by atoms with Crippen molar-refractivity contribution in [3.63, 3.8) is 0 Å². The monoisotopic (exact) mass is 603 g/mol. The number of pyridine rings is 1. The van der Waals surface area contributed by atoms with Crippen molar-refractivity contribution < 1.29 is 45.4 Å². The van der Waals surface area contributed by atoms with E-state index in [1.807, 2.05) is 0 Å². The minimum Gasteiger partial charge on any atom is -0.489 e. The Morgan fingerprint density at radius 2 is 1.95 bits per heavy atom. The molecule has 1 aliphatic rings. The summed E-state index contributed by atoms with van der Waals surface area (Å²) in [4.78, 5) is 29.8. The molecule has 2 aromatic heterocycles. The molecule has 14 heteroatoms. The molecule has 0 radical (unpaired) electrons. The van der Waals surface area contributed by atoms with Gasteiger partial charge in [0.05, 0.1) is 23.2 Å². The molecule has 0 saturated carbocycles. The third-order valence-corrected chi connectivity index (χ3v) is 6.51. The summed E-state index contributed by atoms with van der Waals surface area (Å²) < 4.78 is 86.2. The number of nitrogens with zero attached hydrogens (tertiary/aromatic N) is 2. The number of piperidine rings is 1. The van der Waals surface area contributed by atoms with E-state index in [0.29, 0.717) is 0 Å². The lowest BCUT2D eigenvalue weighted by atomic mass is 10.00. The first-order valence-corrected chi connectivity index (χ1v) is 12.9.